The standard InChI is InChI=1S/C26H32N2O6Si/c1-17-23(35(2,3)32)22(11-13-29)34-26(17)20-9-4-5-10-21(20)28(24(26)30)16-18-7-6-8-19(15-18)27-12-14-33-25(27)31/h4-10,15,17,22-23,29,32H,11-14,16H2,1-3H3/t17-,22+,23-,26+/m0/s1. The van der Waals surface area contributed by atoms with Crippen LogP contribution in [0, 0.1) is 5.92 Å². The van der Waals surface area contributed by atoms with Gasteiger partial charge in [-0.1, -0.05) is 37.3 Å². The van der Waals surface area contributed by atoms with Gasteiger partial charge in [-0.25, -0.2) is 4.79 Å². The largest absolute Gasteiger partial charge is 0.447 e. The lowest BCUT2D eigenvalue weighted by Crippen LogP contribution is -2.46. The molecule has 2 amide bonds. The molecule has 2 aromatic rings. The van der Waals surface area contributed by atoms with E-state index in [2.05, 4.69) is 0 Å². The molecule has 35 heavy (non-hydrogen) atoms. The van der Waals surface area contributed by atoms with Crippen LogP contribution in [-0.2, 0) is 26.4 Å². The highest BCUT2D eigenvalue weighted by molar-refractivity contribution is 6.71. The molecular formula is C26H32N2O6Si. The second-order valence-corrected chi connectivity index (χ2v) is 14.2. The van der Waals surface area contributed by atoms with Crippen molar-refractivity contribution in [1.82, 2.24) is 0 Å². The lowest BCUT2D eigenvalue weighted by molar-refractivity contribution is -0.146. The Hall–Kier alpha value is -2.72. The lowest BCUT2D eigenvalue weighted by atomic mass is 9.82. The van der Waals surface area contributed by atoms with E-state index in [-0.39, 0.29) is 30.1 Å². The van der Waals surface area contributed by atoms with Gasteiger partial charge in [0.15, 0.2) is 13.9 Å². The van der Waals surface area contributed by atoms with E-state index in [1.54, 1.807) is 9.80 Å². The molecule has 2 aromatic carbocycles. The number of aliphatic hydroxyl groups is 1. The highest BCUT2D eigenvalue weighted by Crippen LogP contribution is 2.59. The molecule has 9 heteroatoms. The fraction of sp³-hybridized carbons (Fsp3) is 0.462. The minimum Gasteiger partial charge on any atom is -0.447 e. The molecule has 0 unspecified atom stereocenters. The molecule has 3 heterocycles. The number of hydrogen-bond acceptors (Lipinski definition) is 6. The topological polar surface area (TPSA) is 99.5 Å². The maximum atomic E-state index is 14.2. The molecule has 2 N–H and O–H groups in total. The zero-order valence-corrected chi connectivity index (χ0v) is 21.3. The first-order chi connectivity index (χ1) is 16.7. The summed E-state index contributed by atoms with van der Waals surface area (Å²) in [6.07, 6.45) is -0.395. The second-order valence-electron chi connectivity index (χ2n) is 10.2. The molecule has 0 aromatic heterocycles. The van der Waals surface area contributed by atoms with E-state index in [0.717, 1.165) is 22.5 Å². The van der Waals surface area contributed by atoms with Crippen LogP contribution in [0.15, 0.2) is 48.5 Å². The summed E-state index contributed by atoms with van der Waals surface area (Å²) >= 11 is 0. The number of nitrogens with zero attached hydrogens (tertiary/aromatic N) is 2. The number of amides is 2. The van der Waals surface area contributed by atoms with Gasteiger partial charge in [-0.15, -0.1) is 0 Å². The summed E-state index contributed by atoms with van der Waals surface area (Å²) in [5, 5.41) is 9.69. The molecule has 3 aliphatic heterocycles. The summed E-state index contributed by atoms with van der Waals surface area (Å²) in [6.45, 7) is 6.85. The molecule has 2 saturated heterocycles. The number of cyclic esters (lactones) is 1. The number of carbonyl (C=O) groups excluding carboxylic acids is 2. The third-order valence-electron chi connectivity index (χ3n) is 7.63. The van der Waals surface area contributed by atoms with Gasteiger partial charge in [-0.3, -0.25) is 9.69 Å². The van der Waals surface area contributed by atoms with Gasteiger partial charge in [0.05, 0.1) is 24.9 Å². The fourth-order valence-corrected chi connectivity index (χ4v) is 8.82. The highest BCUT2D eigenvalue weighted by atomic mass is 28.4. The Balaban J connectivity index is 1.52. The predicted molar refractivity (Wildman–Crippen MR) is 134 cm³/mol. The van der Waals surface area contributed by atoms with Gasteiger partial charge in [0.25, 0.3) is 5.91 Å². The summed E-state index contributed by atoms with van der Waals surface area (Å²) in [7, 11) is -2.71. The highest BCUT2D eigenvalue weighted by Gasteiger charge is 2.65. The van der Waals surface area contributed by atoms with Crippen molar-refractivity contribution < 1.29 is 29.0 Å². The van der Waals surface area contributed by atoms with Crippen LogP contribution in [0.25, 0.3) is 0 Å². The average molecular weight is 497 g/mol. The Bertz CT molecular complexity index is 1150. The van der Waals surface area contributed by atoms with Crippen LogP contribution in [-0.4, -0.2) is 56.1 Å². The molecule has 0 bridgehead atoms. The third kappa shape index (κ3) is 3.77. The van der Waals surface area contributed by atoms with Gasteiger partial charge in [0.2, 0.25) is 0 Å². The van der Waals surface area contributed by atoms with E-state index in [4.69, 9.17) is 9.47 Å². The molecule has 2 fully saturated rings. The zero-order valence-electron chi connectivity index (χ0n) is 20.3. The number of fused-ring (bicyclic) bond motifs is 2. The van der Waals surface area contributed by atoms with Crippen molar-refractivity contribution in [3.05, 3.63) is 59.7 Å². The minimum atomic E-state index is -2.71. The van der Waals surface area contributed by atoms with Gasteiger partial charge in [-0.05, 0) is 43.3 Å². The maximum Gasteiger partial charge on any atom is 0.414 e. The van der Waals surface area contributed by atoms with Crippen molar-refractivity contribution >= 4 is 31.7 Å². The number of rotatable bonds is 6. The Kier molecular flexibility index (Phi) is 5.99. The predicted octanol–water partition coefficient (Wildman–Crippen LogP) is 3.37. The molecule has 0 saturated carbocycles. The number of anilines is 2. The third-order valence-corrected chi connectivity index (χ3v) is 10.1. The summed E-state index contributed by atoms with van der Waals surface area (Å²) in [5.74, 6) is -0.407. The smallest absolute Gasteiger partial charge is 0.414 e. The summed E-state index contributed by atoms with van der Waals surface area (Å²) in [5.41, 5.74) is 1.81. The number of hydrogen-bond donors (Lipinski definition) is 2. The molecule has 0 aliphatic carbocycles. The van der Waals surface area contributed by atoms with Crippen molar-refractivity contribution in [2.75, 3.05) is 29.6 Å². The zero-order chi connectivity index (χ0) is 25.0. The SMILES string of the molecule is C[C@H]1[C@H]([Si](C)(C)O)[C@@H](CCO)O[C@]12C(=O)N(Cc1cccc(N3CCOC3=O)c1)c1ccccc12. The normalized spacial score (nSPS) is 28.2. The lowest BCUT2D eigenvalue weighted by Gasteiger charge is -2.32. The summed E-state index contributed by atoms with van der Waals surface area (Å²) in [6, 6.07) is 15.3. The monoisotopic (exact) mass is 496 g/mol. The van der Waals surface area contributed by atoms with Crippen LogP contribution < -0.4 is 9.80 Å². The van der Waals surface area contributed by atoms with Gasteiger partial charge in [0, 0.05) is 29.3 Å². The van der Waals surface area contributed by atoms with E-state index in [1.165, 1.54) is 0 Å². The molecule has 5 rings (SSSR count). The van der Waals surface area contributed by atoms with Crippen LogP contribution in [0.5, 0.6) is 0 Å². The molecule has 8 nitrogen and oxygen atoms in total. The van der Waals surface area contributed by atoms with Crippen molar-refractivity contribution in [2.24, 2.45) is 5.92 Å². The Morgan fingerprint density at radius 2 is 1.91 bits per heavy atom. The van der Waals surface area contributed by atoms with Crippen LogP contribution in [0.1, 0.15) is 24.5 Å². The summed E-state index contributed by atoms with van der Waals surface area (Å²) < 4.78 is 11.7. The molecular weight excluding hydrogens is 464 g/mol. The Morgan fingerprint density at radius 3 is 2.60 bits per heavy atom. The molecule has 4 atom stereocenters. The van der Waals surface area contributed by atoms with E-state index < -0.39 is 20.0 Å². The van der Waals surface area contributed by atoms with Gasteiger partial charge >= 0.3 is 6.09 Å². The van der Waals surface area contributed by atoms with Crippen molar-refractivity contribution in [3.8, 4) is 0 Å². The Morgan fingerprint density at radius 1 is 1.14 bits per heavy atom. The van der Waals surface area contributed by atoms with Gasteiger partial charge in [0.1, 0.15) is 6.61 Å². The number of carbonyl (C=O) groups is 2. The minimum absolute atomic E-state index is 0.0697. The molecule has 3 aliphatic rings. The van der Waals surface area contributed by atoms with Gasteiger partial charge in [-0.2, -0.15) is 0 Å². The number of aliphatic hydroxyl groups excluding tert-OH is 1. The van der Waals surface area contributed by atoms with Crippen LogP contribution in [0.2, 0.25) is 18.6 Å². The van der Waals surface area contributed by atoms with E-state index in [1.807, 2.05) is 68.5 Å². The average Bonchev–Trinajstić information content (AvgIpc) is 3.44. The first-order valence-corrected chi connectivity index (χ1v) is 15.2. The Labute approximate surface area is 206 Å². The van der Waals surface area contributed by atoms with Crippen molar-refractivity contribution in [1.29, 1.82) is 0 Å². The van der Waals surface area contributed by atoms with E-state index >= 15 is 0 Å². The fourth-order valence-electron chi connectivity index (χ4n) is 6.22. The second kappa shape index (κ2) is 8.74. The van der Waals surface area contributed by atoms with Crippen molar-refractivity contribution in [2.45, 2.75) is 50.2 Å². The molecule has 186 valence electrons. The first-order valence-electron chi connectivity index (χ1n) is 12.1. The van der Waals surface area contributed by atoms with Crippen molar-refractivity contribution in [3.63, 3.8) is 0 Å². The van der Waals surface area contributed by atoms with Crippen LogP contribution >= 0.6 is 0 Å². The molecule has 1 spiro atoms. The quantitative estimate of drug-likeness (QED) is 0.595. The van der Waals surface area contributed by atoms with Gasteiger partial charge < -0.3 is 24.3 Å². The van der Waals surface area contributed by atoms with Crippen LogP contribution in [0.3, 0.4) is 0 Å². The number of para-hydroxylation sites is 1. The van der Waals surface area contributed by atoms with Crippen LogP contribution in [0.4, 0.5) is 16.2 Å². The number of ether oxygens (including phenoxy) is 2. The number of benzene rings is 2. The molecule has 0 radical (unpaired) electrons. The first kappa shape index (κ1) is 24.0. The summed E-state index contributed by atoms with van der Waals surface area (Å²) in [4.78, 5) is 40.7. The van der Waals surface area contributed by atoms with E-state index in [0.29, 0.717) is 26.1 Å². The maximum absolute atomic E-state index is 14.2. The van der Waals surface area contributed by atoms with E-state index in [9.17, 15) is 19.5 Å².